The zero-order valence-corrected chi connectivity index (χ0v) is 15.4. The Kier molecular flexibility index (Phi) is 6.44. The molecule has 26 heavy (non-hydrogen) atoms. The number of hydrogen-bond donors (Lipinski definition) is 2. The van der Waals surface area contributed by atoms with Gasteiger partial charge in [-0.15, -0.1) is 0 Å². The molecule has 0 aliphatic carbocycles. The minimum atomic E-state index is -0.531. The molecule has 0 atom stereocenters. The highest BCUT2D eigenvalue weighted by molar-refractivity contribution is 5.85. The molecule has 2 aromatic carbocycles. The Bertz CT molecular complexity index is 836. The zero-order chi connectivity index (χ0) is 19.1. The molecule has 0 saturated heterocycles. The molecule has 1 amide bonds. The first-order chi connectivity index (χ1) is 12.5. The van der Waals surface area contributed by atoms with Crippen molar-refractivity contribution in [1.82, 2.24) is 0 Å². The topological polar surface area (TPSA) is 67.8 Å². The van der Waals surface area contributed by atoms with Crippen LogP contribution in [0.25, 0.3) is 16.9 Å². The number of nitrogens with one attached hydrogen (secondary N) is 1. The largest absolute Gasteiger partial charge is 0.507 e. The predicted molar refractivity (Wildman–Crippen MR) is 104 cm³/mol. The van der Waals surface area contributed by atoms with Gasteiger partial charge < -0.3 is 14.6 Å². The fourth-order valence-electron chi connectivity index (χ4n) is 2.41. The number of phenolic OH excluding ortho intramolecular Hbond substituents is 1. The lowest BCUT2D eigenvalue weighted by molar-refractivity contribution is 0.187. The maximum Gasteiger partial charge on any atom is 0.411 e. The molecule has 0 spiro atoms. The number of carbonyl (C=O) groups excluding carboxylic acids is 1. The third kappa shape index (κ3) is 4.45. The van der Waals surface area contributed by atoms with E-state index in [1.165, 1.54) is 7.11 Å². The molecule has 0 saturated carbocycles. The van der Waals surface area contributed by atoms with E-state index < -0.39 is 6.09 Å². The van der Waals surface area contributed by atoms with Gasteiger partial charge in [-0.05, 0) is 43.7 Å². The molecule has 2 aromatic rings. The molecule has 0 radical (unpaired) electrons. The number of para-hydroxylation sites is 1. The second-order valence-corrected chi connectivity index (χ2v) is 5.64. The van der Waals surface area contributed by atoms with Crippen LogP contribution in [0.1, 0.15) is 19.4 Å². The first-order valence-corrected chi connectivity index (χ1v) is 8.16. The summed E-state index contributed by atoms with van der Waals surface area (Å²) in [5.41, 5.74) is 3.75. The van der Waals surface area contributed by atoms with Crippen LogP contribution >= 0.6 is 0 Å². The number of aromatic hydroxyl groups is 1. The predicted octanol–water partition coefficient (Wildman–Crippen LogP) is 5.19. The summed E-state index contributed by atoms with van der Waals surface area (Å²) in [4.78, 5) is 11.3. The van der Waals surface area contributed by atoms with Crippen molar-refractivity contribution >= 4 is 17.5 Å². The van der Waals surface area contributed by atoms with Crippen molar-refractivity contribution in [3.63, 3.8) is 0 Å². The number of carbonyl (C=O) groups is 1. The Morgan fingerprint density at radius 2 is 1.77 bits per heavy atom. The number of phenols is 1. The van der Waals surface area contributed by atoms with Gasteiger partial charge in [-0.25, -0.2) is 4.79 Å². The van der Waals surface area contributed by atoms with Crippen LogP contribution in [-0.2, 0) is 9.47 Å². The highest BCUT2D eigenvalue weighted by Crippen LogP contribution is 2.36. The molecule has 0 fully saturated rings. The summed E-state index contributed by atoms with van der Waals surface area (Å²) in [5.74, 6) is 0.724. The molecule has 136 valence electrons. The van der Waals surface area contributed by atoms with Crippen LogP contribution in [0.2, 0.25) is 0 Å². The first-order valence-electron chi connectivity index (χ1n) is 8.16. The molecule has 5 nitrogen and oxygen atoms in total. The molecule has 0 bridgehead atoms. The highest BCUT2D eigenvalue weighted by Gasteiger charge is 2.13. The second kappa shape index (κ2) is 8.76. The van der Waals surface area contributed by atoms with E-state index in [0.29, 0.717) is 22.6 Å². The first kappa shape index (κ1) is 19.1. The molecule has 0 heterocycles. The van der Waals surface area contributed by atoms with Crippen molar-refractivity contribution in [2.24, 2.45) is 0 Å². The van der Waals surface area contributed by atoms with Gasteiger partial charge in [0.2, 0.25) is 0 Å². The van der Waals surface area contributed by atoms with E-state index in [2.05, 4.69) is 10.1 Å². The van der Waals surface area contributed by atoms with Crippen molar-refractivity contribution < 1.29 is 19.4 Å². The maximum atomic E-state index is 11.3. The van der Waals surface area contributed by atoms with Gasteiger partial charge >= 0.3 is 6.09 Å². The van der Waals surface area contributed by atoms with Crippen molar-refractivity contribution in [3.05, 3.63) is 65.8 Å². The molecule has 0 aliphatic rings. The summed E-state index contributed by atoms with van der Waals surface area (Å²) in [6.07, 6.45) is 3.31. The molecule has 5 heteroatoms. The van der Waals surface area contributed by atoms with Gasteiger partial charge in [-0.2, -0.15) is 0 Å². The van der Waals surface area contributed by atoms with E-state index >= 15 is 0 Å². The third-order valence-electron chi connectivity index (χ3n) is 3.96. The van der Waals surface area contributed by atoms with Crippen molar-refractivity contribution in [3.8, 4) is 16.9 Å². The zero-order valence-electron chi connectivity index (χ0n) is 15.4. The molecule has 2 rings (SSSR count). The highest BCUT2D eigenvalue weighted by atomic mass is 16.5. The number of ether oxygens (including phenoxy) is 2. The number of amides is 1. The minimum Gasteiger partial charge on any atom is -0.507 e. The Morgan fingerprint density at radius 3 is 2.35 bits per heavy atom. The molecule has 0 aromatic heterocycles. The molecular weight excluding hydrogens is 330 g/mol. The average Bonchev–Trinajstić information content (AvgIpc) is 2.67. The number of hydrogen-bond acceptors (Lipinski definition) is 4. The van der Waals surface area contributed by atoms with Crippen molar-refractivity contribution in [2.75, 3.05) is 19.5 Å². The van der Waals surface area contributed by atoms with E-state index in [1.807, 2.05) is 56.3 Å². The van der Waals surface area contributed by atoms with Gasteiger partial charge in [-0.1, -0.05) is 35.9 Å². The van der Waals surface area contributed by atoms with Gasteiger partial charge in [0.25, 0.3) is 0 Å². The summed E-state index contributed by atoms with van der Waals surface area (Å²) in [5, 5.41) is 13.3. The molecular formula is C21H23NO4. The maximum absolute atomic E-state index is 11.3. The lowest BCUT2D eigenvalue weighted by Gasteiger charge is -2.13. The van der Waals surface area contributed by atoms with Crippen LogP contribution in [-0.4, -0.2) is 25.4 Å². The Balaban J connectivity index is 2.40. The van der Waals surface area contributed by atoms with E-state index in [4.69, 9.17) is 4.74 Å². The fraction of sp³-hybridized carbons (Fsp3) is 0.190. The summed E-state index contributed by atoms with van der Waals surface area (Å²) < 4.78 is 10.0. The summed E-state index contributed by atoms with van der Waals surface area (Å²) in [6.45, 7) is 3.91. The van der Waals surface area contributed by atoms with Crippen molar-refractivity contribution in [2.45, 2.75) is 13.8 Å². The van der Waals surface area contributed by atoms with Gasteiger partial charge in [0, 0.05) is 11.3 Å². The van der Waals surface area contributed by atoms with Crippen LogP contribution < -0.4 is 5.32 Å². The average molecular weight is 353 g/mol. The van der Waals surface area contributed by atoms with Crippen LogP contribution in [0.4, 0.5) is 10.5 Å². The van der Waals surface area contributed by atoms with Gasteiger partial charge in [0.1, 0.15) is 11.5 Å². The second-order valence-electron chi connectivity index (χ2n) is 5.64. The van der Waals surface area contributed by atoms with E-state index in [0.717, 1.165) is 11.1 Å². The van der Waals surface area contributed by atoms with Crippen molar-refractivity contribution in [1.29, 1.82) is 0 Å². The lowest BCUT2D eigenvalue weighted by atomic mass is 9.99. The van der Waals surface area contributed by atoms with Crippen LogP contribution in [0.3, 0.4) is 0 Å². The third-order valence-corrected chi connectivity index (χ3v) is 3.96. The quantitative estimate of drug-likeness (QED) is 0.573. The monoisotopic (exact) mass is 353 g/mol. The summed E-state index contributed by atoms with van der Waals surface area (Å²) in [6, 6.07) is 12.6. The fourth-order valence-corrected chi connectivity index (χ4v) is 2.41. The molecule has 0 aliphatic heterocycles. The molecule has 2 N–H and O–H groups in total. The Morgan fingerprint density at radius 1 is 1.08 bits per heavy atom. The SMILES string of the molecule is C/C=C(C)\C=C(/OC)c1cccc(-c2ccc(NC(=O)OC)cc2)c1O. The van der Waals surface area contributed by atoms with Gasteiger partial charge in [-0.3, -0.25) is 5.32 Å². The molecule has 0 unspecified atom stereocenters. The van der Waals surface area contributed by atoms with Crippen LogP contribution in [0, 0.1) is 0 Å². The minimum absolute atomic E-state index is 0.137. The van der Waals surface area contributed by atoms with E-state index in [-0.39, 0.29) is 5.75 Å². The van der Waals surface area contributed by atoms with Crippen LogP contribution in [0.5, 0.6) is 5.75 Å². The summed E-state index contributed by atoms with van der Waals surface area (Å²) in [7, 11) is 2.89. The number of allylic oxidation sites excluding steroid dienone is 3. The van der Waals surface area contributed by atoms with E-state index in [1.54, 1.807) is 19.2 Å². The van der Waals surface area contributed by atoms with Gasteiger partial charge in [0.15, 0.2) is 0 Å². The summed E-state index contributed by atoms with van der Waals surface area (Å²) >= 11 is 0. The lowest BCUT2D eigenvalue weighted by Crippen LogP contribution is -2.10. The van der Waals surface area contributed by atoms with Gasteiger partial charge in [0.05, 0.1) is 19.8 Å². The normalized spacial score (nSPS) is 11.8. The van der Waals surface area contributed by atoms with Crippen LogP contribution in [0.15, 0.2) is 60.2 Å². The number of benzene rings is 2. The van der Waals surface area contributed by atoms with E-state index in [9.17, 15) is 9.90 Å². The smallest absolute Gasteiger partial charge is 0.411 e. The Hall–Kier alpha value is -3.21. The number of methoxy groups -OCH3 is 2. The Labute approximate surface area is 153 Å². The standard InChI is InChI=1S/C21H23NO4/c1-5-14(2)13-19(25-3)18-8-6-7-17(20(18)23)15-9-11-16(12-10-15)22-21(24)26-4/h5-13,23H,1-4H3,(H,22,24)/b14-5-,19-13-. The number of anilines is 1. The number of rotatable bonds is 5.